The molecule has 0 amide bonds. The van der Waals surface area contributed by atoms with E-state index in [0.717, 1.165) is 0 Å². The fourth-order valence-corrected chi connectivity index (χ4v) is 1.63. The van der Waals surface area contributed by atoms with E-state index in [9.17, 15) is 13.6 Å². The number of ether oxygens (including phenoxy) is 1. The number of carbonyl (C=O) groups is 1. The fraction of sp³-hybridized carbons (Fsp3) is 0.889. The van der Waals surface area contributed by atoms with E-state index in [1.165, 1.54) is 0 Å². The molecule has 0 bridgehead atoms. The Kier molecular flexibility index (Phi) is 3.80. The lowest BCUT2D eigenvalue weighted by Gasteiger charge is -2.29. The summed E-state index contributed by atoms with van der Waals surface area (Å²) in [5.41, 5.74) is 0. The van der Waals surface area contributed by atoms with Crippen LogP contribution in [0.3, 0.4) is 0 Å². The third-order valence-electron chi connectivity index (χ3n) is 2.24. The summed E-state index contributed by atoms with van der Waals surface area (Å²) >= 11 is 0. The Hall–Kier alpha value is -0.710. The summed E-state index contributed by atoms with van der Waals surface area (Å²) in [6.07, 6.45) is 0.436. The lowest BCUT2D eigenvalue weighted by atomic mass is 9.93. The Labute approximate surface area is 81.8 Å². The molecule has 1 rings (SSSR count). The first-order valence-corrected chi connectivity index (χ1v) is 4.82. The highest BCUT2D eigenvalue weighted by atomic mass is 19.3. The van der Waals surface area contributed by atoms with Gasteiger partial charge in [-0.1, -0.05) is 0 Å². The smallest absolute Gasteiger partial charge is 0.306 e. The Bertz CT molecular complexity index is 209. The predicted octanol–water partition coefficient (Wildman–Crippen LogP) is 1.53. The summed E-state index contributed by atoms with van der Waals surface area (Å²) in [6.45, 7) is 2.27. The molecule has 0 aromatic heterocycles. The standard InChI is InChI=1S/C9H15F2NO2/c1-2-14-8(13)5-7-3-4-12-9(10,11)6-7/h7,12H,2-6H2,1H3. The highest BCUT2D eigenvalue weighted by Gasteiger charge is 2.36. The zero-order valence-corrected chi connectivity index (χ0v) is 8.19. The SMILES string of the molecule is CCOC(=O)CC1CCNC(F)(F)C1. The molecular formula is C9H15F2NO2. The number of hydrogen-bond donors (Lipinski definition) is 1. The van der Waals surface area contributed by atoms with Gasteiger partial charge in [-0.3, -0.25) is 10.1 Å². The molecule has 1 N–H and O–H groups in total. The number of alkyl halides is 2. The molecule has 1 heterocycles. The summed E-state index contributed by atoms with van der Waals surface area (Å²) in [5.74, 6) is -0.638. The topological polar surface area (TPSA) is 38.3 Å². The Morgan fingerprint density at radius 1 is 1.64 bits per heavy atom. The van der Waals surface area contributed by atoms with Crippen molar-refractivity contribution in [3.63, 3.8) is 0 Å². The lowest BCUT2D eigenvalue weighted by molar-refractivity contribution is -0.146. The molecule has 5 heteroatoms. The van der Waals surface area contributed by atoms with Crippen LogP contribution in [-0.4, -0.2) is 25.2 Å². The number of rotatable bonds is 3. The van der Waals surface area contributed by atoms with Crippen LogP contribution in [0.15, 0.2) is 0 Å². The second-order valence-electron chi connectivity index (χ2n) is 3.50. The lowest BCUT2D eigenvalue weighted by Crippen LogP contribution is -2.44. The quantitative estimate of drug-likeness (QED) is 0.563. The van der Waals surface area contributed by atoms with Gasteiger partial charge in [-0.15, -0.1) is 0 Å². The van der Waals surface area contributed by atoms with Crippen LogP contribution >= 0.6 is 0 Å². The molecule has 0 aromatic rings. The molecule has 1 unspecified atom stereocenters. The van der Waals surface area contributed by atoms with E-state index in [1.54, 1.807) is 6.92 Å². The molecule has 0 radical (unpaired) electrons. The van der Waals surface area contributed by atoms with Crippen LogP contribution in [0.4, 0.5) is 8.78 Å². The van der Waals surface area contributed by atoms with Crippen molar-refractivity contribution in [3.8, 4) is 0 Å². The Morgan fingerprint density at radius 2 is 2.36 bits per heavy atom. The second-order valence-corrected chi connectivity index (χ2v) is 3.50. The van der Waals surface area contributed by atoms with Crippen LogP contribution in [0, 0.1) is 5.92 Å². The average molecular weight is 207 g/mol. The Morgan fingerprint density at radius 3 is 2.93 bits per heavy atom. The largest absolute Gasteiger partial charge is 0.466 e. The highest BCUT2D eigenvalue weighted by molar-refractivity contribution is 5.69. The van der Waals surface area contributed by atoms with Crippen molar-refractivity contribution in [1.82, 2.24) is 5.32 Å². The third kappa shape index (κ3) is 3.57. The van der Waals surface area contributed by atoms with E-state index < -0.39 is 6.05 Å². The molecular weight excluding hydrogens is 192 g/mol. The van der Waals surface area contributed by atoms with Crippen LogP contribution in [0.1, 0.15) is 26.2 Å². The monoisotopic (exact) mass is 207 g/mol. The molecule has 1 aliphatic rings. The summed E-state index contributed by atoms with van der Waals surface area (Å²) in [4.78, 5) is 11.0. The maximum atomic E-state index is 12.8. The summed E-state index contributed by atoms with van der Waals surface area (Å²) in [6, 6.07) is -2.82. The molecule has 82 valence electrons. The highest BCUT2D eigenvalue weighted by Crippen LogP contribution is 2.29. The summed E-state index contributed by atoms with van der Waals surface area (Å²) in [7, 11) is 0. The van der Waals surface area contributed by atoms with Gasteiger partial charge in [0.05, 0.1) is 6.61 Å². The van der Waals surface area contributed by atoms with Crippen LogP contribution < -0.4 is 5.32 Å². The predicted molar refractivity (Wildman–Crippen MR) is 46.9 cm³/mol. The van der Waals surface area contributed by atoms with E-state index in [4.69, 9.17) is 4.74 Å². The maximum absolute atomic E-state index is 12.8. The van der Waals surface area contributed by atoms with Gasteiger partial charge in [0.2, 0.25) is 0 Å². The first-order chi connectivity index (χ1) is 6.53. The number of esters is 1. The zero-order valence-electron chi connectivity index (χ0n) is 8.19. The first-order valence-electron chi connectivity index (χ1n) is 4.82. The molecule has 0 saturated carbocycles. The Balaban J connectivity index is 2.34. The maximum Gasteiger partial charge on any atom is 0.306 e. The molecule has 14 heavy (non-hydrogen) atoms. The number of nitrogens with one attached hydrogen (secondary N) is 1. The second kappa shape index (κ2) is 4.68. The molecule has 1 atom stereocenters. The van der Waals surface area contributed by atoms with Gasteiger partial charge in [-0.2, -0.15) is 8.78 Å². The number of piperidine rings is 1. The average Bonchev–Trinajstić information content (AvgIpc) is 2.02. The van der Waals surface area contributed by atoms with Crippen LogP contribution in [0.25, 0.3) is 0 Å². The molecule has 1 saturated heterocycles. The van der Waals surface area contributed by atoms with Gasteiger partial charge in [0.15, 0.2) is 0 Å². The van der Waals surface area contributed by atoms with E-state index in [-0.39, 0.29) is 31.3 Å². The molecule has 0 spiro atoms. The van der Waals surface area contributed by atoms with E-state index in [0.29, 0.717) is 13.0 Å². The van der Waals surface area contributed by atoms with Crippen LogP contribution in [0.2, 0.25) is 0 Å². The third-order valence-corrected chi connectivity index (χ3v) is 2.24. The van der Waals surface area contributed by atoms with Gasteiger partial charge in [-0.05, 0) is 19.3 Å². The normalized spacial score (nSPS) is 25.8. The first kappa shape index (κ1) is 11.4. The molecule has 3 nitrogen and oxygen atoms in total. The fourth-order valence-electron chi connectivity index (χ4n) is 1.63. The van der Waals surface area contributed by atoms with E-state index >= 15 is 0 Å². The van der Waals surface area contributed by atoms with Gasteiger partial charge >= 0.3 is 12.0 Å². The van der Waals surface area contributed by atoms with Gasteiger partial charge in [0.25, 0.3) is 0 Å². The van der Waals surface area contributed by atoms with Crippen molar-refractivity contribution in [3.05, 3.63) is 0 Å². The molecule has 1 fully saturated rings. The van der Waals surface area contributed by atoms with Crippen molar-refractivity contribution < 1.29 is 18.3 Å². The van der Waals surface area contributed by atoms with Crippen molar-refractivity contribution in [2.24, 2.45) is 5.92 Å². The van der Waals surface area contributed by atoms with Crippen molar-refractivity contribution in [2.75, 3.05) is 13.2 Å². The summed E-state index contributed by atoms with van der Waals surface area (Å²) < 4.78 is 30.4. The number of carbonyl (C=O) groups excluding carboxylic acids is 1. The van der Waals surface area contributed by atoms with E-state index in [2.05, 4.69) is 5.32 Å². The van der Waals surface area contributed by atoms with Gasteiger partial charge in [-0.25, -0.2) is 0 Å². The van der Waals surface area contributed by atoms with Crippen LogP contribution in [0.5, 0.6) is 0 Å². The van der Waals surface area contributed by atoms with Gasteiger partial charge in [0, 0.05) is 19.4 Å². The van der Waals surface area contributed by atoms with Crippen LogP contribution in [-0.2, 0) is 9.53 Å². The number of halogens is 2. The van der Waals surface area contributed by atoms with E-state index in [1.807, 2.05) is 0 Å². The van der Waals surface area contributed by atoms with Gasteiger partial charge < -0.3 is 4.74 Å². The summed E-state index contributed by atoms with van der Waals surface area (Å²) in [5, 5.41) is 2.11. The van der Waals surface area contributed by atoms with Crippen molar-refractivity contribution >= 4 is 5.97 Å². The van der Waals surface area contributed by atoms with Gasteiger partial charge in [0.1, 0.15) is 0 Å². The minimum Gasteiger partial charge on any atom is -0.466 e. The van der Waals surface area contributed by atoms with Crippen molar-refractivity contribution in [2.45, 2.75) is 32.2 Å². The molecule has 0 aromatic carbocycles. The van der Waals surface area contributed by atoms with Crippen molar-refractivity contribution in [1.29, 1.82) is 0 Å². The molecule has 0 aliphatic carbocycles. The number of hydrogen-bond acceptors (Lipinski definition) is 3. The molecule has 1 aliphatic heterocycles. The zero-order chi connectivity index (χ0) is 10.6. The minimum absolute atomic E-state index is 0.102. The minimum atomic E-state index is -2.82.